The highest BCUT2D eigenvalue weighted by Gasteiger charge is 2.20. The van der Waals surface area contributed by atoms with Crippen molar-refractivity contribution in [2.24, 2.45) is 10.9 Å². The van der Waals surface area contributed by atoms with Crippen LogP contribution in [0.1, 0.15) is 54.4 Å². The molecular formula is C16H36N4. The number of nitrogens with one attached hydrogen (secondary N) is 2. The van der Waals surface area contributed by atoms with E-state index in [1.165, 1.54) is 12.8 Å². The molecule has 0 aromatic rings. The van der Waals surface area contributed by atoms with Crippen LogP contribution in [0.25, 0.3) is 0 Å². The van der Waals surface area contributed by atoms with E-state index in [-0.39, 0.29) is 5.54 Å². The number of hydrogen-bond donors (Lipinski definition) is 2. The molecule has 1 atom stereocenters. The van der Waals surface area contributed by atoms with Crippen LogP contribution in [0.4, 0.5) is 0 Å². The van der Waals surface area contributed by atoms with Crippen molar-refractivity contribution >= 4 is 5.96 Å². The Bertz CT molecular complexity index is 282. The van der Waals surface area contributed by atoms with Gasteiger partial charge in [0, 0.05) is 18.1 Å². The van der Waals surface area contributed by atoms with Gasteiger partial charge in [0.1, 0.15) is 0 Å². The lowest BCUT2D eigenvalue weighted by Crippen LogP contribution is -2.45. The highest BCUT2D eigenvalue weighted by Crippen LogP contribution is 2.10. The lowest BCUT2D eigenvalue weighted by atomic mass is 10.0. The third kappa shape index (κ3) is 8.41. The van der Waals surface area contributed by atoms with Crippen molar-refractivity contribution in [3.05, 3.63) is 0 Å². The summed E-state index contributed by atoms with van der Waals surface area (Å²) in [4.78, 5) is 6.94. The zero-order valence-electron chi connectivity index (χ0n) is 14.9. The molecule has 120 valence electrons. The Morgan fingerprint density at radius 2 is 1.75 bits per heavy atom. The van der Waals surface area contributed by atoms with Crippen molar-refractivity contribution < 1.29 is 0 Å². The van der Waals surface area contributed by atoms with E-state index in [1.54, 1.807) is 0 Å². The van der Waals surface area contributed by atoms with Gasteiger partial charge in [-0.3, -0.25) is 4.99 Å². The molecule has 0 aliphatic rings. The molecule has 0 saturated carbocycles. The summed E-state index contributed by atoms with van der Waals surface area (Å²) in [6, 6.07) is 0.456. The minimum Gasteiger partial charge on any atom is -0.357 e. The first kappa shape index (κ1) is 19.2. The first-order valence-corrected chi connectivity index (χ1v) is 7.91. The molecule has 4 heteroatoms. The number of aliphatic imine (C=N–C) groups is 1. The molecule has 0 aromatic heterocycles. The molecule has 0 aliphatic carbocycles. The van der Waals surface area contributed by atoms with Gasteiger partial charge in [-0.15, -0.1) is 0 Å². The molecular weight excluding hydrogens is 248 g/mol. The summed E-state index contributed by atoms with van der Waals surface area (Å²) in [6.45, 7) is 15.0. The zero-order chi connectivity index (χ0) is 15.8. The molecule has 0 rings (SSSR count). The van der Waals surface area contributed by atoms with Gasteiger partial charge in [0.15, 0.2) is 5.96 Å². The monoisotopic (exact) mass is 284 g/mol. The molecule has 4 nitrogen and oxygen atoms in total. The predicted molar refractivity (Wildman–Crippen MR) is 90.4 cm³/mol. The molecule has 2 N–H and O–H groups in total. The van der Waals surface area contributed by atoms with Crippen LogP contribution < -0.4 is 10.6 Å². The molecule has 0 saturated heterocycles. The molecule has 0 aromatic carbocycles. The largest absolute Gasteiger partial charge is 0.357 e. The molecule has 20 heavy (non-hydrogen) atoms. The van der Waals surface area contributed by atoms with Gasteiger partial charge in [-0.1, -0.05) is 13.8 Å². The maximum absolute atomic E-state index is 4.73. The van der Waals surface area contributed by atoms with E-state index in [9.17, 15) is 0 Å². The van der Waals surface area contributed by atoms with Crippen LogP contribution in [-0.4, -0.2) is 49.6 Å². The Labute approximate surface area is 126 Å². The van der Waals surface area contributed by atoms with E-state index < -0.39 is 0 Å². The average Bonchev–Trinajstić information content (AvgIpc) is 2.33. The Morgan fingerprint density at radius 1 is 1.15 bits per heavy atom. The molecule has 0 radical (unpaired) electrons. The normalized spacial score (nSPS) is 14.8. The predicted octanol–water partition coefficient (Wildman–Crippen LogP) is 2.71. The minimum absolute atomic E-state index is 0.0729. The molecule has 0 fully saturated rings. The molecule has 0 heterocycles. The second-order valence-corrected chi connectivity index (χ2v) is 6.92. The summed E-state index contributed by atoms with van der Waals surface area (Å²) in [7, 11) is 4.20. The summed E-state index contributed by atoms with van der Waals surface area (Å²) in [5, 5.41) is 6.84. The fourth-order valence-electron chi connectivity index (χ4n) is 1.62. The van der Waals surface area contributed by atoms with Crippen LogP contribution in [-0.2, 0) is 0 Å². The summed E-state index contributed by atoms with van der Waals surface area (Å²) in [5.74, 6) is 1.69. The van der Waals surface area contributed by atoms with Crippen LogP contribution in [0.2, 0.25) is 0 Å². The number of nitrogens with zero attached hydrogens (tertiary/aromatic N) is 2. The van der Waals surface area contributed by atoms with Gasteiger partial charge in [0.25, 0.3) is 0 Å². The first-order valence-electron chi connectivity index (χ1n) is 7.91. The highest BCUT2D eigenvalue weighted by atomic mass is 15.2. The standard InChI is InChI=1S/C16H36N4/c1-9-17-15(18-12-16(5,6)20(7)8)19-14(4)11-10-13(2)3/h13-14H,9-12H2,1-8H3,(H2,17,18,19). The fraction of sp³-hybridized carbons (Fsp3) is 0.938. The van der Waals surface area contributed by atoms with Crippen molar-refractivity contribution in [2.45, 2.75) is 66.0 Å². The quantitative estimate of drug-likeness (QED) is 0.532. The van der Waals surface area contributed by atoms with Crippen LogP contribution in [0.5, 0.6) is 0 Å². The Morgan fingerprint density at radius 3 is 2.20 bits per heavy atom. The van der Waals surface area contributed by atoms with E-state index in [0.29, 0.717) is 6.04 Å². The SMILES string of the molecule is CCNC(=NCC(C)(C)N(C)C)NC(C)CCC(C)C. The third-order valence-corrected chi connectivity index (χ3v) is 3.74. The Kier molecular flexibility index (Phi) is 8.86. The van der Waals surface area contributed by atoms with Gasteiger partial charge in [0.2, 0.25) is 0 Å². The highest BCUT2D eigenvalue weighted by molar-refractivity contribution is 5.80. The fourth-order valence-corrected chi connectivity index (χ4v) is 1.62. The van der Waals surface area contributed by atoms with Crippen LogP contribution in [0.15, 0.2) is 4.99 Å². The molecule has 0 aliphatic heterocycles. The molecule has 0 bridgehead atoms. The topological polar surface area (TPSA) is 39.7 Å². The van der Waals surface area contributed by atoms with E-state index in [1.807, 2.05) is 0 Å². The van der Waals surface area contributed by atoms with Gasteiger partial charge in [-0.05, 0) is 60.5 Å². The Hall–Kier alpha value is -0.770. The summed E-state index contributed by atoms with van der Waals surface area (Å²) in [6.07, 6.45) is 2.43. The van der Waals surface area contributed by atoms with Crippen LogP contribution in [0, 0.1) is 5.92 Å². The van der Waals surface area contributed by atoms with Crippen molar-refractivity contribution in [2.75, 3.05) is 27.2 Å². The number of hydrogen-bond acceptors (Lipinski definition) is 2. The first-order chi connectivity index (χ1) is 9.19. The summed E-state index contributed by atoms with van der Waals surface area (Å²) < 4.78 is 0. The third-order valence-electron chi connectivity index (χ3n) is 3.74. The van der Waals surface area contributed by atoms with E-state index >= 15 is 0 Å². The van der Waals surface area contributed by atoms with Crippen molar-refractivity contribution in [3.63, 3.8) is 0 Å². The van der Waals surface area contributed by atoms with Gasteiger partial charge >= 0.3 is 0 Å². The van der Waals surface area contributed by atoms with Crippen molar-refractivity contribution in [3.8, 4) is 0 Å². The van der Waals surface area contributed by atoms with E-state index in [2.05, 4.69) is 71.2 Å². The average molecular weight is 284 g/mol. The maximum Gasteiger partial charge on any atom is 0.191 e. The van der Waals surface area contributed by atoms with E-state index in [4.69, 9.17) is 4.99 Å². The Balaban J connectivity index is 4.48. The number of likely N-dealkylation sites (N-methyl/N-ethyl adjacent to an activating group) is 1. The van der Waals surface area contributed by atoms with Crippen molar-refractivity contribution in [1.29, 1.82) is 0 Å². The van der Waals surface area contributed by atoms with Gasteiger partial charge < -0.3 is 15.5 Å². The maximum atomic E-state index is 4.73. The zero-order valence-corrected chi connectivity index (χ0v) is 14.9. The van der Waals surface area contributed by atoms with Gasteiger partial charge in [-0.2, -0.15) is 0 Å². The molecule has 0 amide bonds. The number of guanidine groups is 1. The lowest BCUT2D eigenvalue weighted by molar-refractivity contribution is 0.204. The van der Waals surface area contributed by atoms with Crippen molar-refractivity contribution in [1.82, 2.24) is 15.5 Å². The summed E-state index contributed by atoms with van der Waals surface area (Å²) >= 11 is 0. The van der Waals surface area contributed by atoms with Gasteiger partial charge in [-0.25, -0.2) is 0 Å². The van der Waals surface area contributed by atoms with Crippen LogP contribution in [0.3, 0.4) is 0 Å². The van der Waals surface area contributed by atoms with Gasteiger partial charge in [0.05, 0.1) is 6.54 Å². The molecule has 1 unspecified atom stereocenters. The van der Waals surface area contributed by atoms with Crippen LogP contribution >= 0.6 is 0 Å². The number of rotatable bonds is 8. The second-order valence-electron chi connectivity index (χ2n) is 6.92. The lowest BCUT2D eigenvalue weighted by Gasteiger charge is -2.31. The minimum atomic E-state index is 0.0729. The smallest absolute Gasteiger partial charge is 0.191 e. The molecule has 0 spiro atoms. The second kappa shape index (κ2) is 9.22. The van der Waals surface area contributed by atoms with E-state index in [0.717, 1.165) is 25.0 Å². The summed E-state index contributed by atoms with van der Waals surface area (Å²) in [5.41, 5.74) is 0.0729.